The average molecular weight is 492 g/mol. The van der Waals surface area contributed by atoms with Gasteiger partial charge in [0.2, 0.25) is 0 Å². The summed E-state index contributed by atoms with van der Waals surface area (Å²) in [6.07, 6.45) is -1.55. The molecule has 192 valence electrons. The van der Waals surface area contributed by atoms with E-state index in [0.717, 1.165) is 40.6 Å². The Morgan fingerprint density at radius 3 is 2.29 bits per heavy atom. The third-order valence-electron chi connectivity index (χ3n) is 5.74. The van der Waals surface area contributed by atoms with Crippen LogP contribution in [0.4, 0.5) is 0 Å². The first-order valence-electron chi connectivity index (χ1n) is 11.3. The van der Waals surface area contributed by atoms with E-state index < -0.39 is 41.8 Å². The van der Waals surface area contributed by atoms with E-state index in [1.165, 1.54) is 6.20 Å². The molecule has 0 aliphatic carbocycles. The van der Waals surface area contributed by atoms with Gasteiger partial charge in [0.1, 0.15) is 18.3 Å². The number of aldehydes is 1. The lowest BCUT2D eigenvalue weighted by Crippen LogP contribution is -2.38. The molecule has 2 aromatic rings. The Hall–Kier alpha value is -3.12. The number of nitrogens with zero attached hydrogens (tertiary/aromatic N) is 1. The van der Waals surface area contributed by atoms with Crippen LogP contribution in [-0.4, -0.2) is 69.0 Å². The fourth-order valence-electron chi connectivity index (χ4n) is 4.06. The molecule has 1 fully saturated rings. The lowest BCUT2D eigenvalue weighted by atomic mass is 10.0. The Labute approximate surface area is 202 Å². The highest BCUT2D eigenvalue weighted by atomic mass is 16.6. The number of carbonyl (C=O) groups is 2. The monoisotopic (exact) mass is 491 g/mol. The number of aliphatic hydroxyl groups excluding tert-OH is 2. The number of aryl methyl sites for hydroxylation is 4. The van der Waals surface area contributed by atoms with Crippen LogP contribution in [0.2, 0.25) is 0 Å². The molecule has 0 amide bonds. The maximum atomic E-state index is 11.9. The summed E-state index contributed by atoms with van der Waals surface area (Å²) < 4.78 is 6.21. The largest absolute Gasteiger partial charge is 0.478 e. The molecule has 4 atom stereocenters. The van der Waals surface area contributed by atoms with Gasteiger partial charge in [0, 0.05) is 11.8 Å². The Kier molecular flexibility index (Phi) is 10.1. The van der Waals surface area contributed by atoms with Crippen LogP contribution in [0, 0.1) is 20.8 Å². The predicted octanol–water partition coefficient (Wildman–Crippen LogP) is 0.207. The first kappa shape index (κ1) is 28.1. The van der Waals surface area contributed by atoms with Crippen LogP contribution < -0.4 is 16.6 Å². The third-order valence-corrected chi connectivity index (χ3v) is 5.74. The average Bonchev–Trinajstić information content (AvgIpc) is 3.06. The number of aromatic amines is 1. The predicted molar refractivity (Wildman–Crippen MR) is 128 cm³/mol. The van der Waals surface area contributed by atoms with Crippen LogP contribution in [0.3, 0.4) is 0 Å². The van der Waals surface area contributed by atoms with Crippen molar-refractivity contribution in [2.75, 3.05) is 13.6 Å². The molecule has 3 rings (SSSR count). The summed E-state index contributed by atoms with van der Waals surface area (Å²) in [6, 6.07) is 3.77. The normalized spacial score (nSPS) is 21.3. The first-order chi connectivity index (χ1) is 16.5. The van der Waals surface area contributed by atoms with Crippen molar-refractivity contribution in [3.63, 3.8) is 0 Å². The smallest absolute Gasteiger partial charge is 0.336 e. The Morgan fingerprint density at radius 1 is 1.14 bits per heavy atom. The SMILES string of the molecule is CNCCCCc1cn(C2OC(C=O)C(O)C2O)c(=O)[nH]c1=O.Cc1cc(C)c(C(=O)O)c(C)c1. The molecule has 1 aromatic carbocycles. The van der Waals surface area contributed by atoms with Crippen molar-refractivity contribution in [1.82, 2.24) is 14.9 Å². The summed E-state index contributed by atoms with van der Waals surface area (Å²) in [5, 5.41) is 31.5. The summed E-state index contributed by atoms with van der Waals surface area (Å²) in [5.41, 5.74) is 2.32. The number of carboxylic acid groups (broad SMARTS) is 1. The van der Waals surface area contributed by atoms with E-state index >= 15 is 0 Å². The zero-order chi connectivity index (χ0) is 26.3. The summed E-state index contributed by atoms with van der Waals surface area (Å²) >= 11 is 0. The zero-order valence-corrected chi connectivity index (χ0v) is 20.3. The molecule has 5 N–H and O–H groups in total. The Bertz CT molecular complexity index is 1130. The molecule has 1 aliphatic heterocycles. The number of aromatic nitrogens is 2. The van der Waals surface area contributed by atoms with Crippen molar-refractivity contribution < 1.29 is 29.6 Å². The Morgan fingerprint density at radius 2 is 1.77 bits per heavy atom. The van der Waals surface area contributed by atoms with E-state index in [2.05, 4.69) is 10.3 Å². The lowest BCUT2D eigenvalue weighted by molar-refractivity contribution is -0.122. The van der Waals surface area contributed by atoms with Crippen molar-refractivity contribution in [2.24, 2.45) is 0 Å². The van der Waals surface area contributed by atoms with Gasteiger partial charge >= 0.3 is 11.7 Å². The number of aliphatic hydroxyl groups is 2. The molecule has 1 saturated heterocycles. The van der Waals surface area contributed by atoms with Crippen molar-refractivity contribution in [2.45, 2.75) is 64.6 Å². The molecule has 11 heteroatoms. The second-order valence-electron chi connectivity index (χ2n) is 8.57. The molecule has 35 heavy (non-hydrogen) atoms. The van der Waals surface area contributed by atoms with Crippen LogP contribution >= 0.6 is 0 Å². The van der Waals surface area contributed by atoms with Gasteiger partial charge in [0.15, 0.2) is 12.5 Å². The number of ether oxygens (including phenoxy) is 1. The van der Waals surface area contributed by atoms with E-state index in [0.29, 0.717) is 23.8 Å². The number of rotatable bonds is 8. The van der Waals surface area contributed by atoms with Gasteiger partial charge in [-0.3, -0.25) is 14.3 Å². The molecule has 1 aromatic heterocycles. The van der Waals surface area contributed by atoms with Crippen molar-refractivity contribution in [3.8, 4) is 0 Å². The van der Waals surface area contributed by atoms with E-state index in [4.69, 9.17) is 9.84 Å². The van der Waals surface area contributed by atoms with Crippen molar-refractivity contribution in [1.29, 1.82) is 0 Å². The van der Waals surface area contributed by atoms with E-state index in [1.807, 2.05) is 40.0 Å². The number of carbonyl (C=O) groups excluding carboxylic acids is 1. The minimum Gasteiger partial charge on any atom is -0.478 e. The second kappa shape index (κ2) is 12.5. The van der Waals surface area contributed by atoms with Gasteiger partial charge in [0.25, 0.3) is 5.56 Å². The number of unbranched alkanes of at least 4 members (excludes halogenated alkanes) is 1. The number of hydrogen-bond acceptors (Lipinski definition) is 8. The number of hydrogen-bond donors (Lipinski definition) is 5. The van der Waals surface area contributed by atoms with Crippen LogP contribution in [0.5, 0.6) is 0 Å². The van der Waals surface area contributed by atoms with Crippen LogP contribution in [0.25, 0.3) is 0 Å². The van der Waals surface area contributed by atoms with Crippen molar-refractivity contribution >= 4 is 12.3 Å². The fraction of sp³-hybridized carbons (Fsp3) is 0.500. The topological polar surface area (TPSA) is 171 Å². The molecule has 0 bridgehead atoms. The number of carboxylic acids is 1. The highest BCUT2D eigenvalue weighted by Crippen LogP contribution is 2.27. The number of aromatic carboxylic acids is 1. The van der Waals surface area contributed by atoms with Crippen LogP contribution in [0.1, 0.15) is 51.7 Å². The number of H-pyrrole nitrogens is 1. The molecular formula is C24H33N3O8. The zero-order valence-electron chi connectivity index (χ0n) is 20.3. The Balaban J connectivity index is 0.000000303. The number of benzene rings is 1. The molecular weight excluding hydrogens is 458 g/mol. The van der Waals surface area contributed by atoms with Gasteiger partial charge in [-0.1, -0.05) is 17.7 Å². The summed E-state index contributed by atoms with van der Waals surface area (Å²) in [7, 11) is 1.83. The van der Waals surface area contributed by atoms with E-state index in [9.17, 15) is 29.4 Å². The maximum Gasteiger partial charge on any atom is 0.336 e. The fourth-order valence-corrected chi connectivity index (χ4v) is 4.06. The van der Waals surface area contributed by atoms with Crippen LogP contribution in [0.15, 0.2) is 27.9 Å². The highest BCUT2D eigenvalue weighted by Gasteiger charge is 2.44. The van der Waals surface area contributed by atoms with Gasteiger partial charge in [0.05, 0.1) is 5.56 Å². The van der Waals surface area contributed by atoms with Gasteiger partial charge in [-0.05, 0) is 64.8 Å². The van der Waals surface area contributed by atoms with Gasteiger partial charge in [-0.2, -0.15) is 0 Å². The van der Waals surface area contributed by atoms with Crippen LogP contribution in [-0.2, 0) is 16.0 Å². The van der Waals surface area contributed by atoms with Crippen molar-refractivity contribution in [3.05, 3.63) is 67.0 Å². The minimum atomic E-state index is -1.44. The minimum absolute atomic E-state index is 0.364. The number of nitrogens with one attached hydrogen (secondary N) is 2. The molecule has 11 nitrogen and oxygen atoms in total. The molecule has 0 saturated carbocycles. The molecule has 1 aliphatic rings. The maximum absolute atomic E-state index is 11.9. The third kappa shape index (κ3) is 6.95. The molecule has 0 spiro atoms. The first-order valence-corrected chi connectivity index (χ1v) is 11.3. The molecule has 2 heterocycles. The van der Waals surface area contributed by atoms with Gasteiger partial charge in [-0.15, -0.1) is 0 Å². The van der Waals surface area contributed by atoms with E-state index in [1.54, 1.807) is 0 Å². The van der Waals surface area contributed by atoms with Gasteiger partial charge < -0.3 is 30.2 Å². The summed E-state index contributed by atoms with van der Waals surface area (Å²) in [5.74, 6) is -0.843. The quantitative estimate of drug-likeness (QED) is 0.256. The summed E-state index contributed by atoms with van der Waals surface area (Å²) in [6.45, 7) is 6.42. The standard InChI is InChI=1S/C14H21N3O6.C10H12O2/c1-15-5-3-2-4-8-6-17(14(22)16-12(8)21)13-11(20)10(19)9(7-18)23-13;1-6-4-7(2)9(10(11)12)8(3)5-6/h6-7,9-11,13,15,19-20H,2-5H2,1H3,(H,16,21,22);4-5H,1-3H3,(H,11,12). The van der Waals surface area contributed by atoms with Gasteiger partial charge in [-0.25, -0.2) is 9.59 Å². The second-order valence-corrected chi connectivity index (χ2v) is 8.57. The highest BCUT2D eigenvalue weighted by molar-refractivity contribution is 5.91. The van der Waals surface area contributed by atoms with E-state index in [-0.39, 0.29) is 0 Å². The molecule has 4 unspecified atom stereocenters. The lowest BCUT2D eigenvalue weighted by Gasteiger charge is -2.17. The molecule has 0 radical (unpaired) electrons. The summed E-state index contributed by atoms with van der Waals surface area (Å²) in [4.78, 5) is 47.5.